The third-order valence-electron chi connectivity index (χ3n) is 5.88. The van der Waals surface area contributed by atoms with Crippen LogP contribution in [0, 0.1) is 5.92 Å². The Morgan fingerprint density at radius 1 is 1.00 bits per heavy atom. The van der Waals surface area contributed by atoms with Gasteiger partial charge in [-0.05, 0) is 44.6 Å². The molecule has 2 saturated heterocycles. The van der Waals surface area contributed by atoms with Gasteiger partial charge in [0.2, 0.25) is 0 Å². The van der Waals surface area contributed by atoms with Crippen molar-refractivity contribution >= 4 is 0 Å². The summed E-state index contributed by atoms with van der Waals surface area (Å²) in [4.78, 5) is 5.04. The van der Waals surface area contributed by atoms with Gasteiger partial charge in [-0.3, -0.25) is 0 Å². The second-order valence-electron chi connectivity index (χ2n) is 7.59. The minimum absolute atomic E-state index is 0.504. The molecule has 0 spiro atoms. The van der Waals surface area contributed by atoms with E-state index in [0.717, 1.165) is 57.4 Å². The highest BCUT2D eigenvalue weighted by molar-refractivity contribution is 5.07. The zero-order chi connectivity index (χ0) is 15.5. The van der Waals surface area contributed by atoms with Crippen molar-refractivity contribution in [2.75, 3.05) is 26.3 Å². The van der Waals surface area contributed by atoms with Crippen molar-refractivity contribution in [3.8, 4) is 0 Å². The van der Waals surface area contributed by atoms with E-state index in [4.69, 9.17) is 14.8 Å². The second kappa shape index (κ2) is 7.31. The van der Waals surface area contributed by atoms with Crippen LogP contribution < -0.4 is 5.32 Å². The van der Waals surface area contributed by atoms with Crippen molar-refractivity contribution in [1.29, 1.82) is 0 Å². The summed E-state index contributed by atoms with van der Waals surface area (Å²) in [6.45, 7) is 5.00. The number of aromatic nitrogens is 3. The first kappa shape index (κ1) is 15.6. The number of ether oxygens (including phenoxy) is 1. The number of rotatable bonds is 4. The molecule has 1 saturated carbocycles. The third kappa shape index (κ3) is 3.61. The van der Waals surface area contributed by atoms with Crippen molar-refractivity contribution in [2.24, 2.45) is 5.92 Å². The summed E-state index contributed by atoms with van der Waals surface area (Å²) in [6.07, 6.45) is 10.3. The smallest absolute Gasteiger partial charge is 0.154 e. The van der Waals surface area contributed by atoms with Crippen LogP contribution in [0.1, 0.15) is 74.9 Å². The van der Waals surface area contributed by atoms with E-state index in [1.165, 1.54) is 44.3 Å². The van der Waals surface area contributed by atoms with Crippen LogP contribution in [0.5, 0.6) is 0 Å². The van der Waals surface area contributed by atoms with Gasteiger partial charge in [0.05, 0.1) is 0 Å². The first-order chi connectivity index (χ1) is 11.4. The van der Waals surface area contributed by atoms with Gasteiger partial charge in [-0.15, -0.1) is 0 Å². The fraction of sp³-hybridized carbons (Fsp3) is 0.889. The lowest BCUT2D eigenvalue weighted by Gasteiger charge is -2.22. The van der Waals surface area contributed by atoms with Crippen LogP contribution >= 0.6 is 0 Å². The Morgan fingerprint density at radius 2 is 1.83 bits per heavy atom. The monoisotopic (exact) mass is 318 g/mol. The van der Waals surface area contributed by atoms with Gasteiger partial charge in [-0.25, -0.2) is 9.67 Å². The summed E-state index contributed by atoms with van der Waals surface area (Å²) in [5, 5.41) is 8.48. The zero-order valence-corrected chi connectivity index (χ0v) is 14.2. The summed E-state index contributed by atoms with van der Waals surface area (Å²) in [6, 6.07) is 0. The van der Waals surface area contributed by atoms with Crippen LogP contribution in [0.2, 0.25) is 0 Å². The molecule has 1 N–H and O–H groups in total. The van der Waals surface area contributed by atoms with Gasteiger partial charge in [-0.1, -0.05) is 19.3 Å². The normalized spacial score (nSPS) is 27.6. The van der Waals surface area contributed by atoms with Gasteiger partial charge in [-0.2, -0.15) is 5.10 Å². The number of nitrogens with one attached hydrogen (secondary N) is 1. The molecule has 0 unspecified atom stereocenters. The highest BCUT2D eigenvalue weighted by Gasteiger charge is 2.28. The fourth-order valence-corrected chi connectivity index (χ4v) is 4.43. The molecule has 3 fully saturated rings. The fourth-order valence-electron chi connectivity index (χ4n) is 4.43. The van der Waals surface area contributed by atoms with Gasteiger partial charge in [0.15, 0.2) is 5.82 Å². The lowest BCUT2D eigenvalue weighted by atomic mass is 9.89. The molecule has 128 valence electrons. The maximum absolute atomic E-state index is 5.51. The Hall–Kier alpha value is -0.940. The van der Waals surface area contributed by atoms with Crippen molar-refractivity contribution in [3.63, 3.8) is 0 Å². The van der Waals surface area contributed by atoms with E-state index in [-0.39, 0.29) is 0 Å². The van der Waals surface area contributed by atoms with E-state index in [9.17, 15) is 0 Å². The van der Waals surface area contributed by atoms with Crippen molar-refractivity contribution < 1.29 is 4.74 Å². The largest absolute Gasteiger partial charge is 0.381 e. The summed E-state index contributed by atoms with van der Waals surface area (Å²) >= 11 is 0. The molecule has 5 nitrogen and oxygen atoms in total. The lowest BCUT2D eigenvalue weighted by Crippen LogP contribution is -2.19. The van der Waals surface area contributed by atoms with Crippen molar-refractivity contribution in [1.82, 2.24) is 20.1 Å². The SMILES string of the molecule is C1CCC(Cn2nc(C3CCOCC3)nc2[C@@H]2CCNC2)CC1. The maximum Gasteiger partial charge on any atom is 0.154 e. The van der Waals surface area contributed by atoms with Crippen LogP contribution in [0.25, 0.3) is 0 Å². The molecule has 1 aliphatic carbocycles. The summed E-state index contributed by atoms with van der Waals surface area (Å²) in [7, 11) is 0. The van der Waals surface area contributed by atoms with E-state index in [1.54, 1.807) is 0 Å². The summed E-state index contributed by atoms with van der Waals surface area (Å²) in [5.74, 6) is 4.21. The van der Waals surface area contributed by atoms with Gasteiger partial charge in [0, 0.05) is 38.1 Å². The highest BCUT2D eigenvalue weighted by Crippen LogP contribution is 2.30. The van der Waals surface area contributed by atoms with Crippen molar-refractivity contribution in [2.45, 2.75) is 69.7 Å². The summed E-state index contributed by atoms with van der Waals surface area (Å²) in [5.41, 5.74) is 0. The molecule has 1 aromatic rings. The summed E-state index contributed by atoms with van der Waals surface area (Å²) < 4.78 is 7.80. The van der Waals surface area contributed by atoms with E-state index in [0.29, 0.717) is 11.8 Å². The molecule has 5 heteroatoms. The van der Waals surface area contributed by atoms with E-state index in [2.05, 4.69) is 10.00 Å². The van der Waals surface area contributed by atoms with Gasteiger partial charge >= 0.3 is 0 Å². The molecule has 23 heavy (non-hydrogen) atoms. The first-order valence-corrected chi connectivity index (χ1v) is 9.63. The van der Waals surface area contributed by atoms with Crippen LogP contribution in [0.15, 0.2) is 0 Å². The number of hydrogen-bond acceptors (Lipinski definition) is 4. The van der Waals surface area contributed by atoms with Crippen molar-refractivity contribution in [3.05, 3.63) is 11.6 Å². The molecule has 0 amide bonds. The maximum atomic E-state index is 5.51. The molecular weight excluding hydrogens is 288 g/mol. The lowest BCUT2D eigenvalue weighted by molar-refractivity contribution is 0.0835. The Kier molecular flexibility index (Phi) is 4.95. The Labute approximate surface area is 139 Å². The Balaban J connectivity index is 1.54. The van der Waals surface area contributed by atoms with Gasteiger partial charge < -0.3 is 10.1 Å². The topological polar surface area (TPSA) is 52.0 Å². The van der Waals surface area contributed by atoms with Gasteiger partial charge in [0.25, 0.3) is 0 Å². The molecule has 0 aromatic carbocycles. The Bertz CT molecular complexity index is 497. The molecule has 0 radical (unpaired) electrons. The molecular formula is C18H30N4O. The molecule has 2 aliphatic heterocycles. The highest BCUT2D eigenvalue weighted by atomic mass is 16.5. The number of hydrogen-bond donors (Lipinski definition) is 1. The molecule has 0 bridgehead atoms. The molecule has 3 aliphatic rings. The predicted octanol–water partition coefficient (Wildman–Crippen LogP) is 2.83. The van der Waals surface area contributed by atoms with Crippen LogP contribution in [0.3, 0.4) is 0 Å². The quantitative estimate of drug-likeness (QED) is 0.927. The van der Waals surface area contributed by atoms with Crippen LogP contribution in [-0.2, 0) is 11.3 Å². The molecule has 1 atom stereocenters. The Morgan fingerprint density at radius 3 is 2.57 bits per heavy atom. The predicted molar refractivity (Wildman–Crippen MR) is 89.6 cm³/mol. The zero-order valence-electron chi connectivity index (χ0n) is 14.2. The molecule has 1 aromatic heterocycles. The third-order valence-corrected chi connectivity index (χ3v) is 5.88. The molecule has 4 rings (SSSR count). The first-order valence-electron chi connectivity index (χ1n) is 9.63. The second-order valence-corrected chi connectivity index (χ2v) is 7.59. The average Bonchev–Trinajstić information content (AvgIpc) is 3.26. The van der Waals surface area contributed by atoms with Crippen LogP contribution in [0.4, 0.5) is 0 Å². The molecule has 3 heterocycles. The van der Waals surface area contributed by atoms with E-state index < -0.39 is 0 Å². The average molecular weight is 318 g/mol. The van der Waals surface area contributed by atoms with Crippen LogP contribution in [-0.4, -0.2) is 41.1 Å². The minimum atomic E-state index is 0.504. The van der Waals surface area contributed by atoms with E-state index >= 15 is 0 Å². The van der Waals surface area contributed by atoms with E-state index in [1.807, 2.05) is 0 Å². The standard InChI is InChI=1S/C18H30N4O/c1-2-4-14(5-3-1)13-22-18(16-6-9-19-12-16)20-17(21-22)15-7-10-23-11-8-15/h14-16,19H,1-13H2/t16-/m1/s1. The van der Waals surface area contributed by atoms with Gasteiger partial charge in [0.1, 0.15) is 5.82 Å². The minimum Gasteiger partial charge on any atom is -0.381 e. The number of nitrogens with zero attached hydrogens (tertiary/aromatic N) is 3.